The van der Waals surface area contributed by atoms with Gasteiger partial charge in [-0.3, -0.25) is 4.90 Å². The van der Waals surface area contributed by atoms with Gasteiger partial charge in [0, 0.05) is 37.9 Å². The van der Waals surface area contributed by atoms with Gasteiger partial charge < -0.3 is 4.74 Å². The SMILES string of the molecule is C#CC1=CC=C(CN(CC(=C)/C=C\C(=C/C)COC)Cc2ccc(C#C)cc2)C=CC1.CC. The minimum atomic E-state index is 0.590. The molecule has 0 atom stereocenters. The van der Waals surface area contributed by atoms with Gasteiger partial charge in [-0.25, -0.2) is 0 Å². The molecule has 1 aliphatic rings. The van der Waals surface area contributed by atoms with E-state index in [0.717, 1.165) is 48.3 Å². The Morgan fingerprint density at radius 1 is 1.09 bits per heavy atom. The molecule has 0 saturated carbocycles. The summed E-state index contributed by atoms with van der Waals surface area (Å²) in [6.45, 7) is 13.2. The lowest BCUT2D eigenvalue weighted by atomic mass is 10.1. The first-order valence-corrected chi connectivity index (χ1v) is 11.4. The normalized spacial score (nSPS) is 13.4. The maximum Gasteiger partial charge on any atom is 0.0709 e. The van der Waals surface area contributed by atoms with Gasteiger partial charge in [-0.05, 0) is 47.8 Å². The molecule has 2 rings (SSSR count). The third-order valence-corrected chi connectivity index (χ3v) is 4.93. The Morgan fingerprint density at radius 3 is 2.42 bits per heavy atom. The van der Waals surface area contributed by atoms with Crippen molar-refractivity contribution in [2.45, 2.75) is 33.7 Å². The van der Waals surface area contributed by atoms with Crippen molar-refractivity contribution in [2.75, 3.05) is 26.8 Å². The fourth-order valence-corrected chi connectivity index (χ4v) is 3.23. The summed E-state index contributed by atoms with van der Waals surface area (Å²) < 4.78 is 5.23. The van der Waals surface area contributed by atoms with E-state index < -0.39 is 0 Å². The number of allylic oxidation sites excluding steroid dienone is 5. The van der Waals surface area contributed by atoms with E-state index in [9.17, 15) is 0 Å². The van der Waals surface area contributed by atoms with Gasteiger partial charge in [-0.1, -0.05) is 86.9 Å². The molecule has 0 aromatic heterocycles. The molecule has 172 valence electrons. The first-order chi connectivity index (χ1) is 16.1. The molecule has 0 heterocycles. The number of hydrogen-bond donors (Lipinski definition) is 0. The van der Waals surface area contributed by atoms with Crippen LogP contribution in [0, 0.1) is 24.7 Å². The number of hydrogen-bond acceptors (Lipinski definition) is 2. The fourth-order valence-electron chi connectivity index (χ4n) is 3.23. The zero-order valence-electron chi connectivity index (χ0n) is 20.6. The molecule has 0 spiro atoms. The highest BCUT2D eigenvalue weighted by molar-refractivity contribution is 5.39. The molecule has 0 unspecified atom stereocenters. The largest absolute Gasteiger partial charge is 0.380 e. The van der Waals surface area contributed by atoms with Gasteiger partial charge in [0.15, 0.2) is 0 Å². The van der Waals surface area contributed by atoms with Crippen LogP contribution in [0.2, 0.25) is 0 Å². The van der Waals surface area contributed by atoms with Crippen molar-refractivity contribution >= 4 is 0 Å². The van der Waals surface area contributed by atoms with Crippen LogP contribution in [0.4, 0.5) is 0 Å². The standard InChI is InChI=1S/C29H31NO.C2H6/c1-6-25-10-9-11-28(17-14-25)21-30(22-29-18-15-26(7-2)16-19-29)20-24(4)12-13-27(8-3)23-31-5;1-2/h1-2,8-9,11-19H,4,10,20-23H2,3,5H3;1-2H3/b13-12-,27-8+;. The summed E-state index contributed by atoms with van der Waals surface area (Å²) in [6.07, 6.45) is 26.5. The number of benzene rings is 1. The number of ether oxygens (including phenoxy) is 1. The van der Waals surface area contributed by atoms with Crippen LogP contribution in [0.15, 0.2) is 95.7 Å². The Labute approximate surface area is 201 Å². The third-order valence-electron chi connectivity index (χ3n) is 4.93. The molecule has 2 heteroatoms. The quantitative estimate of drug-likeness (QED) is 0.299. The van der Waals surface area contributed by atoms with Gasteiger partial charge in [0.1, 0.15) is 0 Å². The predicted molar refractivity (Wildman–Crippen MR) is 144 cm³/mol. The summed E-state index contributed by atoms with van der Waals surface area (Å²) in [5.74, 6) is 5.41. The second kappa shape index (κ2) is 16.3. The molecule has 1 aromatic rings. The van der Waals surface area contributed by atoms with Gasteiger partial charge in [0.25, 0.3) is 0 Å². The van der Waals surface area contributed by atoms with E-state index in [2.05, 4.69) is 71.9 Å². The maximum absolute atomic E-state index is 5.56. The average molecular weight is 440 g/mol. The van der Waals surface area contributed by atoms with E-state index >= 15 is 0 Å². The van der Waals surface area contributed by atoms with Crippen molar-refractivity contribution in [1.29, 1.82) is 0 Å². The highest BCUT2D eigenvalue weighted by Crippen LogP contribution is 2.16. The molecule has 1 aromatic carbocycles. The molecular formula is C31H37NO. The number of nitrogens with zero attached hydrogens (tertiary/aromatic N) is 1. The van der Waals surface area contributed by atoms with Crippen molar-refractivity contribution in [3.05, 3.63) is 107 Å². The van der Waals surface area contributed by atoms with Crippen LogP contribution in [-0.2, 0) is 11.3 Å². The van der Waals surface area contributed by atoms with Crippen molar-refractivity contribution in [2.24, 2.45) is 0 Å². The zero-order chi connectivity index (χ0) is 24.5. The average Bonchev–Trinajstić information content (AvgIpc) is 3.08. The van der Waals surface area contributed by atoms with Gasteiger partial charge in [-0.15, -0.1) is 12.8 Å². The summed E-state index contributed by atoms with van der Waals surface area (Å²) in [6, 6.07) is 8.14. The topological polar surface area (TPSA) is 12.5 Å². The fraction of sp³-hybridized carbons (Fsp3) is 0.290. The smallest absolute Gasteiger partial charge is 0.0709 e. The van der Waals surface area contributed by atoms with E-state index in [0.29, 0.717) is 6.61 Å². The molecule has 1 aliphatic carbocycles. The minimum absolute atomic E-state index is 0.590. The maximum atomic E-state index is 5.56. The van der Waals surface area contributed by atoms with E-state index in [1.54, 1.807) is 7.11 Å². The summed E-state index contributed by atoms with van der Waals surface area (Å²) in [7, 11) is 1.70. The van der Waals surface area contributed by atoms with Crippen LogP contribution < -0.4 is 0 Å². The Kier molecular flexibility index (Phi) is 13.7. The zero-order valence-corrected chi connectivity index (χ0v) is 20.6. The summed E-state index contributed by atoms with van der Waals surface area (Å²) in [4.78, 5) is 2.37. The molecular weight excluding hydrogens is 402 g/mol. The molecule has 0 aliphatic heterocycles. The second-order valence-electron chi connectivity index (χ2n) is 7.46. The van der Waals surface area contributed by atoms with Crippen molar-refractivity contribution in [3.63, 3.8) is 0 Å². The first-order valence-electron chi connectivity index (χ1n) is 11.4. The summed E-state index contributed by atoms with van der Waals surface area (Å²) in [5.41, 5.74) is 6.47. The Bertz CT molecular complexity index is 985. The van der Waals surface area contributed by atoms with Gasteiger partial charge in [-0.2, -0.15) is 0 Å². The Balaban J connectivity index is 0.00000265. The number of terminal acetylenes is 2. The van der Waals surface area contributed by atoms with Crippen LogP contribution in [0.1, 0.15) is 38.3 Å². The van der Waals surface area contributed by atoms with Gasteiger partial charge in [0.05, 0.1) is 6.61 Å². The van der Waals surface area contributed by atoms with Crippen LogP contribution in [0.5, 0.6) is 0 Å². The lowest BCUT2D eigenvalue weighted by Crippen LogP contribution is -2.27. The number of methoxy groups -OCH3 is 1. The second-order valence-corrected chi connectivity index (χ2v) is 7.46. The van der Waals surface area contributed by atoms with Gasteiger partial charge >= 0.3 is 0 Å². The molecule has 0 bridgehead atoms. The van der Waals surface area contributed by atoms with Gasteiger partial charge in [0.2, 0.25) is 0 Å². The highest BCUT2D eigenvalue weighted by atomic mass is 16.5. The molecule has 0 N–H and O–H groups in total. The van der Waals surface area contributed by atoms with E-state index in [1.165, 1.54) is 11.1 Å². The van der Waals surface area contributed by atoms with Crippen LogP contribution in [-0.4, -0.2) is 31.7 Å². The van der Waals surface area contributed by atoms with E-state index in [1.807, 2.05) is 39.0 Å². The lowest BCUT2D eigenvalue weighted by Gasteiger charge is -2.23. The molecule has 33 heavy (non-hydrogen) atoms. The summed E-state index contributed by atoms with van der Waals surface area (Å²) >= 11 is 0. The first kappa shape index (κ1) is 27.7. The van der Waals surface area contributed by atoms with Crippen LogP contribution >= 0.6 is 0 Å². The molecule has 0 amide bonds. The van der Waals surface area contributed by atoms with E-state index in [4.69, 9.17) is 17.6 Å². The van der Waals surface area contributed by atoms with Crippen molar-refractivity contribution in [1.82, 2.24) is 4.90 Å². The van der Waals surface area contributed by atoms with Crippen LogP contribution in [0.3, 0.4) is 0 Å². The highest BCUT2D eigenvalue weighted by Gasteiger charge is 2.10. The van der Waals surface area contributed by atoms with Crippen molar-refractivity contribution in [3.8, 4) is 24.7 Å². The minimum Gasteiger partial charge on any atom is -0.380 e. The molecule has 2 nitrogen and oxygen atoms in total. The van der Waals surface area contributed by atoms with Crippen molar-refractivity contribution < 1.29 is 4.74 Å². The number of rotatable bonds is 10. The third kappa shape index (κ3) is 10.7. The van der Waals surface area contributed by atoms with E-state index in [-0.39, 0.29) is 0 Å². The Morgan fingerprint density at radius 2 is 1.82 bits per heavy atom. The molecule has 0 radical (unpaired) electrons. The monoisotopic (exact) mass is 439 g/mol. The molecule has 0 fully saturated rings. The predicted octanol–water partition coefficient (Wildman–Crippen LogP) is 6.65. The Hall–Kier alpha value is -3.30. The molecule has 0 saturated heterocycles. The van der Waals surface area contributed by atoms with Crippen LogP contribution in [0.25, 0.3) is 0 Å². The lowest BCUT2D eigenvalue weighted by molar-refractivity contribution is 0.228. The summed E-state index contributed by atoms with van der Waals surface area (Å²) in [5, 5.41) is 0.